The van der Waals surface area contributed by atoms with Gasteiger partial charge in [0.05, 0.1) is 11.6 Å². The van der Waals surface area contributed by atoms with Crippen molar-refractivity contribution < 1.29 is 19.1 Å². The van der Waals surface area contributed by atoms with Gasteiger partial charge in [-0.25, -0.2) is 9.18 Å². The zero-order valence-corrected chi connectivity index (χ0v) is 9.94. The topological polar surface area (TPSA) is 92.4 Å². The van der Waals surface area contributed by atoms with Crippen molar-refractivity contribution in [3.63, 3.8) is 0 Å². The van der Waals surface area contributed by atoms with Gasteiger partial charge in [0.25, 0.3) is 0 Å². The Morgan fingerprint density at radius 3 is 2.67 bits per heavy atom. The number of hydrogen-bond acceptors (Lipinski definition) is 3. The largest absolute Gasteiger partial charge is 0.478 e. The van der Waals surface area contributed by atoms with Crippen LogP contribution in [0.2, 0.25) is 0 Å². The van der Waals surface area contributed by atoms with E-state index in [-0.39, 0.29) is 5.69 Å². The van der Waals surface area contributed by atoms with Crippen LogP contribution in [-0.2, 0) is 4.79 Å². The predicted octanol–water partition coefficient (Wildman–Crippen LogP) is 1.59. The zero-order valence-electron chi connectivity index (χ0n) is 9.94. The third-order valence-electron chi connectivity index (χ3n) is 2.40. The molecular weight excluding hydrogens is 239 g/mol. The van der Waals surface area contributed by atoms with E-state index in [2.05, 4.69) is 5.32 Å². The van der Waals surface area contributed by atoms with Crippen molar-refractivity contribution in [2.24, 2.45) is 5.73 Å². The van der Waals surface area contributed by atoms with E-state index in [0.717, 1.165) is 18.6 Å². The summed E-state index contributed by atoms with van der Waals surface area (Å²) in [4.78, 5) is 22.2. The Kier molecular flexibility index (Phi) is 4.79. The number of benzene rings is 1. The summed E-state index contributed by atoms with van der Waals surface area (Å²) in [6.45, 7) is 1.90. The minimum absolute atomic E-state index is 0.189. The molecular formula is C12H15FN2O3. The van der Waals surface area contributed by atoms with Crippen molar-refractivity contribution in [3.05, 3.63) is 29.6 Å². The van der Waals surface area contributed by atoms with Gasteiger partial charge in [0.15, 0.2) is 0 Å². The molecule has 4 N–H and O–H groups in total. The second kappa shape index (κ2) is 6.11. The molecule has 1 unspecified atom stereocenters. The van der Waals surface area contributed by atoms with Gasteiger partial charge in [-0.15, -0.1) is 0 Å². The van der Waals surface area contributed by atoms with Crippen LogP contribution in [-0.4, -0.2) is 23.0 Å². The monoisotopic (exact) mass is 254 g/mol. The quantitative estimate of drug-likeness (QED) is 0.744. The molecule has 1 aromatic rings. The van der Waals surface area contributed by atoms with E-state index >= 15 is 0 Å². The molecule has 0 aromatic heterocycles. The molecule has 0 bridgehead atoms. The van der Waals surface area contributed by atoms with Gasteiger partial charge in [0, 0.05) is 5.69 Å². The molecule has 6 heteroatoms. The number of anilines is 1. The Hall–Kier alpha value is -1.95. The van der Waals surface area contributed by atoms with Gasteiger partial charge in [0.2, 0.25) is 5.91 Å². The Morgan fingerprint density at radius 1 is 1.50 bits per heavy atom. The average Bonchev–Trinajstić information content (AvgIpc) is 2.28. The first kappa shape index (κ1) is 14.1. The smallest absolute Gasteiger partial charge is 0.338 e. The molecule has 1 amide bonds. The second-order valence-electron chi connectivity index (χ2n) is 3.88. The molecule has 1 atom stereocenters. The lowest BCUT2D eigenvalue weighted by molar-refractivity contribution is -0.117. The first-order valence-corrected chi connectivity index (χ1v) is 5.55. The van der Waals surface area contributed by atoms with Crippen molar-refractivity contribution >= 4 is 17.6 Å². The van der Waals surface area contributed by atoms with E-state index in [9.17, 15) is 14.0 Å². The number of hydrogen-bond donors (Lipinski definition) is 3. The first-order valence-electron chi connectivity index (χ1n) is 5.55. The normalized spacial score (nSPS) is 11.9. The average molecular weight is 254 g/mol. The number of carbonyl (C=O) groups is 2. The number of aromatic carboxylic acids is 1. The van der Waals surface area contributed by atoms with Gasteiger partial charge in [-0.05, 0) is 24.6 Å². The molecule has 0 aliphatic carbocycles. The highest BCUT2D eigenvalue weighted by atomic mass is 19.1. The van der Waals surface area contributed by atoms with Crippen LogP contribution in [0.25, 0.3) is 0 Å². The number of carboxylic acids is 1. The first-order chi connectivity index (χ1) is 8.45. The van der Waals surface area contributed by atoms with Crippen molar-refractivity contribution in [1.29, 1.82) is 0 Å². The van der Waals surface area contributed by atoms with Crippen LogP contribution >= 0.6 is 0 Å². The zero-order chi connectivity index (χ0) is 13.7. The molecule has 5 nitrogen and oxygen atoms in total. The lowest BCUT2D eigenvalue weighted by atomic mass is 10.1. The van der Waals surface area contributed by atoms with E-state index in [1.807, 2.05) is 6.92 Å². The Bertz CT molecular complexity index is 463. The summed E-state index contributed by atoms with van der Waals surface area (Å²) in [7, 11) is 0. The fourth-order valence-electron chi connectivity index (χ4n) is 1.44. The fourth-order valence-corrected chi connectivity index (χ4v) is 1.44. The number of nitrogens with two attached hydrogens (primary N) is 1. The molecule has 18 heavy (non-hydrogen) atoms. The van der Waals surface area contributed by atoms with Crippen LogP contribution in [0.1, 0.15) is 30.1 Å². The molecule has 0 saturated heterocycles. The van der Waals surface area contributed by atoms with Crippen molar-refractivity contribution in [1.82, 2.24) is 0 Å². The number of rotatable bonds is 5. The summed E-state index contributed by atoms with van der Waals surface area (Å²) in [6.07, 6.45) is 1.29. The minimum atomic E-state index is -1.35. The molecule has 0 spiro atoms. The Morgan fingerprint density at radius 2 is 2.17 bits per heavy atom. The third-order valence-corrected chi connectivity index (χ3v) is 2.40. The lowest BCUT2D eigenvalue weighted by Crippen LogP contribution is -2.35. The summed E-state index contributed by atoms with van der Waals surface area (Å²) < 4.78 is 13.3. The van der Waals surface area contributed by atoms with E-state index in [1.165, 1.54) is 6.07 Å². The number of amides is 1. The van der Waals surface area contributed by atoms with Crippen LogP contribution in [0, 0.1) is 5.82 Å². The maximum absolute atomic E-state index is 13.3. The van der Waals surface area contributed by atoms with Gasteiger partial charge in [-0.1, -0.05) is 13.3 Å². The van der Waals surface area contributed by atoms with Crippen molar-refractivity contribution in [3.8, 4) is 0 Å². The molecule has 0 heterocycles. The van der Waals surface area contributed by atoms with Crippen molar-refractivity contribution in [2.45, 2.75) is 25.8 Å². The maximum Gasteiger partial charge on any atom is 0.338 e. The second-order valence-corrected chi connectivity index (χ2v) is 3.88. The highest BCUT2D eigenvalue weighted by Gasteiger charge is 2.14. The minimum Gasteiger partial charge on any atom is -0.478 e. The van der Waals surface area contributed by atoms with Crippen molar-refractivity contribution in [2.75, 3.05) is 5.32 Å². The van der Waals surface area contributed by atoms with E-state index in [4.69, 9.17) is 10.8 Å². The molecule has 0 radical (unpaired) electrons. The SMILES string of the molecule is CCCC(N)C(=O)Nc1ccc(C(=O)O)c(F)c1. The Balaban J connectivity index is 2.77. The van der Waals surface area contributed by atoms with Crippen LogP contribution in [0.5, 0.6) is 0 Å². The Labute approximate surface area is 104 Å². The fraction of sp³-hybridized carbons (Fsp3) is 0.333. The van der Waals surface area contributed by atoms with Crippen LogP contribution in [0.3, 0.4) is 0 Å². The van der Waals surface area contributed by atoms with Gasteiger partial charge in [-0.3, -0.25) is 4.79 Å². The molecule has 1 aromatic carbocycles. The van der Waals surface area contributed by atoms with Crippen LogP contribution in [0.4, 0.5) is 10.1 Å². The number of halogens is 1. The maximum atomic E-state index is 13.3. The predicted molar refractivity (Wildman–Crippen MR) is 64.9 cm³/mol. The third kappa shape index (κ3) is 3.53. The van der Waals surface area contributed by atoms with E-state index in [1.54, 1.807) is 0 Å². The standard InChI is InChI=1S/C12H15FN2O3/c1-2-3-10(14)11(16)15-7-4-5-8(12(17)18)9(13)6-7/h4-6,10H,2-3,14H2,1H3,(H,15,16)(H,17,18). The highest BCUT2D eigenvalue weighted by Crippen LogP contribution is 2.15. The lowest BCUT2D eigenvalue weighted by Gasteiger charge is -2.11. The molecule has 0 aliphatic heterocycles. The summed E-state index contributed by atoms with van der Waals surface area (Å²) in [6, 6.07) is 2.72. The molecule has 1 rings (SSSR count). The molecule has 0 fully saturated rings. The summed E-state index contributed by atoms with van der Waals surface area (Å²) in [5.74, 6) is -2.67. The van der Waals surface area contributed by atoms with Crippen LogP contribution < -0.4 is 11.1 Å². The molecule has 98 valence electrons. The number of carboxylic acid groups (broad SMARTS) is 1. The van der Waals surface area contributed by atoms with Gasteiger partial charge >= 0.3 is 5.97 Å². The summed E-state index contributed by atoms with van der Waals surface area (Å²) in [5.41, 5.74) is 5.34. The molecule has 0 aliphatic rings. The summed E-state index contributed by atoms with van der Waals surface area (Å²) in [5, 5.41) is 11.1. The highest BCUT2D eigenvalue weighted by molar-refractivity contribution is 5.95. The number of carbonyl (C=O) groups excluding carboxylic acids is 1. The van der Waals surface area contributed by atoms with Gasteiger partial charge in [0.1, 0.15) is 5.82 Å². The van der Waals surface area contributed by atoms with Crippen LogP contribution in [0.15, 0.2) is 18.2 Å². The molecule has 0 saturated carbocycles. The number of nitrogens with one attached hydrogen (secondary N) is 1. The van der Waals surface area contributed by atoms with E-state index < -0.39 is 29.3 Å². The van der Waals surface area contributed by atoms with Gasteiger partial charge in [-0.2, -0.15) is 0 Å². The summed E-state index contributed by atoms with van der Waals surface area (Å²) >= 11 is 0. The van der Waals surface area contributed by atoms with Gasteiger partial charge < -0.3 is 16.2 Å². The van der Waals surface area contributed by atoms with E-state index in [0.29, 0.717) is 6.42 Å².